The Labute approximate surface area is 124 Å². The predicted molar refractivity (Wildman–Crippen MR) is 79.6 cm³/mol. The highest BCUT2D eigenvalue weighted by atomic mass is 35.5. The third-order valence-electron chi connectivity index (χ3n) is 4.45. The fraction of sp³-hybridized carbons (Fsp3) is 0.375. The molecule has 0 radical (unpaired) electrons. The van der Waals surface area contributed by atoms with Gasteiger partial charge in [-0.25, -0.2) is 0 Å². The molecule has 4 heteroatoms. The molecule has 1 aromatic heterocycles. The molecule has 1 aromatic carbocycles. The van der Waals surface area contributed by atoms with Gasteiger partial charge in [0, 0.05) is 31.0 Å². The minimum Gasteiger partial charge on any atom is -0.478 e. The van der Waals surface area contributed by atoms with Crippen LogP contribution in [0.1, 0.15) is 23.7 Å². The van der Waals surface area contributed by atoms with E-state index in [1.54, 1.807) is 6.26 Å². The number of halogens is 1. The first-order chi connectivity index (χ1) is 9.29. The summed E-state index contributed by atoms with van der Waals surface area (Å²) in [5.74, 6) is 2.33. The smallest absolute Gasteiger partial charge is 0.175 e. The van der Waals surface area contributed by atoms with Gasteiger partial charge in [0.15, 0.2) is 5.60 Å². The van der Waals surface area contributed by atoms with Crippen molar-refractivity contribution in [2.75, 3.05) is 20.1 Å². The number of ether oxygens (including phenoxy) is 1. The van der Waals surface area contributed by atoms with E-state index in [1.165, 1.54) is 5.56 Å². The number of para-hydroxylation sites is 1. The summed E-state index contributed by atoms with van der Waals surface area (Å²) in [5, 5.41) is 0. The fourth-order valence-corrected chi connectivity index (χ4v) is 3.48. The van der Waals surface area contributed by atoms with Crippen LogP contribution >= 0.6 is 12.4 Å². The van der Waals surface area contributed by atoms with Gasteiger partial charge in [-0.05, 0) is 25.2 Å². The maximum Gasteiger partial charge on any atom is 0.175 e. The largest absolute Gasteiger partial charge is 0.478 e. The van der Waals surface area contributed by atoms with E-state index >= 15 is 0 Å². The number of piperidine rings is 1. The van der Waals surface area contributed by atoms with Crippen molar-refractivity contribution in [3.63, 3.8) is 0 Å². The van der Waals surface area contributed by atoms with E-state index in [2.05, 4.69) is 30.1 Å². The molecule has 0 bridgehead atoms. The zero-order chi connectivity index (χ0) is 12.9. The van der Waals surface area contributed by atoms with Crippen LogP contribution in [0.5, 0.6) is 5.75 Å². The Kier molecular flexibility index (Phi) is 3.27. The molecular formula is C16H18ClNO2. The number of likely N-dealkylation sites (tertiary alicyclic amines) is 1. The summed E-state index contributed by atoms with van der Waals surface area (Å²) in [6.45, 7) is 2.04. The van der Waals surface area contributed by atoms with Gasteiger partial charge in [0.2, 0.25) is 0 Å². The first-order valence-electron chi connectivity index (χ1n) is 6.80. The van der Waals surface area contributed by atoms with Crippen LogP contribution < -0.4 is 4.74 Å². The average Bonchev–Trinajstić information content (AvgIpc) is 3.04. The fourth-order valence-electron chi connectivity index (χ4n) is 3.48. The van der Waals surface area contributed by atoms with Gasteiger partial charge in [0.1, 0.15) is 11.5 Å². The Morgan fingerprint density at radius 1 is 1.20 bits per heavy atom. The van der Waals surface area contributed by atoms with Gasteiger partial charge in [-0.3, -0.25) is 0 Å². The number of hydrogen-bond acceptors (Lipinski definition) is 3. The quantitative estimate of drug-likeness (QED) is 0.805. The van der Waals surface area contributed by atoms with Crippen molar-refractivity contribution in [3.05, 3.63) is 54.0 Å². The maximum atomic E-state index is 6.37. The Morgan fingerprint density at radius 3 is 2.85 bits per heavy atom. The van der Waals surface area contributed by atoms with Crippen molar-refractivity contribution in [2.45, 2.75) is 17.9 Å². The minimum atomic E-state index is -0.306. The van der Waals surface area contributed by atoms with Gasteiger partial charge in [-0.2, -0.15) is 0 Å². The van der Waals surface area contributed by atoms with Crippen molar-refractivity contribution < 1.29 is 9.15 Å². The molecule has 0 amide bonds. The lowest BCUT2D eigenvalue weighted by Gasteiger charge is -2.40. The second-order valence-corrected chi connectivity index (χ2v) is 5.57. The van der Waals surface area contributed by atoms with E-state index in [-0.39, 0.29) is 18.0 Å². The molecule has 1 fully saturated rings. The SMILES string of the molecule is CN1CC[C@]2(c3ccco3)Oc3ccccc3[C@@H]2C1.Cl. The van der Waals surface area contributed by atoms with Gasteiger partial charge in [-0.15, -0.1) is 12.4 Å². The van der Waals surface area contributed by atoms with Crippen LogP contribution in [-0.4, -0.2) is 25.0 Å². The van der Waals surface area contributed by atoms with Gasteiger partial charge < -0.3 is 14.1 Å². The molecule has 2 aromatic rings. The summed E-state index contributed by atoms with van der Waals surface area (Å²) in [6.07, 6.45) is 2.71. The molecule has 106 valence electrons. The van der Waals surface area contributed by atoms with Crippen LogP contribution in [0, 0.1) is 0 Å². The monoisotopic (exact) mass is 291 g/mol. The van der Waals surface area contributed by atoms with E-state index in [0.717, 1.165) is 31.0 Å². The molecule has 3 heterocycles. The molecule has 20 heavy (non-hydrogen) atoms. The highest BCUT2D eigenvalue weighted by Crippen LogP contribution is 2.54. The van der Waals surface area contributed by atoms with Crippen molar-refractivity contribution in [2.24, 2.45) is 0 Å². The van der Waals surface area contributed by atoms with Gasteiger partial charge in [0.25, 0.3) is 0 Å². The Hall–Kier alpha value is -1.45. The van der Waals surface area contributed by atoms with Gasteiger partial charge >= 0.3 is 0 Å². The number of fused-ring (bicyclic) bond motifs is 3. The highest BCUT2D eigenvalue weighted by Gasteiger charge is 2.53. The topological polar surface area (TPSA) is 25.6 Å². The number of furan rings is 1. The van der Waals surface area contributed by atoms with E-state index in [0.29, 0.717) is 5.92 Å². The molecule has 2 aliphatic heterocycles. The molecule has 0 spiro atoms. The third kappa shape index (κ3) is 1.77. The average molecular weight is 292 g/mol. The number of hydrogen-bond donors (Lipinski definition) is 0. The summed E-state index contributed by atoms with van der Waals surface area (Å²) >= 11 is 0. The van der Waals surface area contributed by atoms with Crippen LogP contribution in [0.2, 0.25) is 0 Å². The second kappa shape index (κ2) is 4.83. The van der Waals surface area contributed by atoms with Crippen molar-refractivity contribution in [3.8, 4) is 5.75 Å². The first kappa shape index (κ1) is 13.5. The molecule has 3 nitrogen and oxygen atoms in total. The van der Waals surface area contributed by atoms with E-state index in [1.807, 2.05) is 18.2 Å². The first-order valence-corrected chi connectivity index (χ1v) is 6.80. The zero-order valence-electron chi connectivity index (χ0n) is 11.4. The zero-order valence-corrected chi connectivity index (χ0v) is 12.2. The van der Waals surface area contributed by atoms with Crippen molar-refractivity contribution >= 4 is 12.4 Å². The third-order valence-corrected chi connectivity index (χ3v) is 4.45. The van der Waals surface area contributed by atoms with Gasteiger partial charge in [-0.1, -0.05) is 18.2 Å². The second-order valence-electron chi connectivity index (χ2n) is 5.57. The normalized spacial score (nSPS) is 28.1. The number of nitrogens with zero attached hydrogens (tertiary/aromatic N) is 1. The lowest BCUT2D eigenvalue weighted by molar-refractivity contribution is -0.0106. The van der Waals surface area contributed by atoms with Crippen molar-refractivity contribution in [1.82, 2.24) is 4.90 Å². The summed E-state index contributed by atoms with van der Waals surface area (Å²) in [7, 11) is 2.17. The summed E-state index contributed by atoms with van der Waals surface area (Å²) in [5.41, 5.74) is 1.00. The maximum absolute atomic E-state index is 6.37. The van der Waals surface area contributed by atoms with Crippen molar-refractivity contribution in [1.29, 1.82) is 0 Å². The summed E-state index contributed by atoms with van der Waals surface area (Å²) < 4.78 is 12.1. The molecule has 0 aliphatic carbocycles. The Morgan fingerprint density at radius 2 is 2.05 bits per heavy atom. The van der Waals surface area contributed by atoms with E-state index < -0.39 is 0 Å². The van der Waals surface area contributed by atoms with Gasteiger partial charge in [0.05, 0.1) is 6.26 Å². The predicted octanol–water partition coefficient (Wildman–Crippen LogP) is 3.41. The molecule has 0 N–H and O–H groups in total. The van der Waals surface area contributed by atoms with Crippen LogP contribution in [0.4, 0.5) is 0 Å². The van der Waals surface area contributed by atoms with E-state index in [4.69, 9.17) is 9.15 Å². The Balaban J connectivity index is 0.00000121. The van der Waals surface area contributed by atoms with Crippen LogP contribution in [0.25, 0.3) is 0 Å². The number of likely N-dealkylation sites (N-methyl/N-ethyl adjacent to an activating group) is 1. The lowest BCUT2D eigenvalue weighted by Crippen LogP contribution is -2.47. The molecule has 2 atom stereocenters. The Bertz CT molecular complexity index is 598. The molecular weight excluding hydrogens is 274 g/mol. The minimum absolute atomic E-state index is 0. The van der Waals surface area contributed by atoms with Crippen LogP contribution in [0.15, 0.2) is 47.1 Å². The number of benzene rings is 1. The molecule has 4 rings (SSSR count). The molecule has 0 saturated carbocycles. The number of rotatable bonds is 1. The summed E-state index contributed by atoms with van der Waals surface area (Å²) in [4.78, 5) is 2.37. The summed E-state index contributed by atoms with van der Waals surface area (Å²) in [6, 6.07) is 12.4. The molecule has 2 aliphatic rings. The molecule has 1 saturated heterocycles. The van der Waals surface area contributed by atoms with E-state index in [9.17, 15) is 0 Å². The lowest BCUT2D eigenvalue weighted by atomic mass is 9.77. The van der Waals surface area contributed by atoms with Crippen LogP contribution in [-0.2, 0) is 5.60 Å². The highest BCUT2D eigenvalue weighted by molar-refractivity contribution is 5.85. The standard InChI is InChI=1S/C16H17NO2.ClH/c1-17-9-8-16(15-7-4-10-18-15)13(11-17)12-5-2-3-6-14(12)19-16;/h2-7,10,13H,8-9,11H2,1H3;1H/t13-,16-;/m0./s1. The van der Waals surface area contributed by atoms with Crippen LogP contribution in [0.3, 0.4) is 0 Å². The molecule has 0 unspecified atom stereocenters.